The Morgan fingerprint density at radius 2 is 2.17 bits per heavy atom. The molecule has 2 N–H and O–H groups in total. The number of nitrogens with one attached hydrogen (secondary N) is 2. The molecule has 1 saturated heterocycles. The standard InChI is InChI=1S/C15H21N3/c1-12(10-15-4-2-3-9-17-15)18-14-7-5-13(11-16)6-8-14/h5-8,12,15,17-18H,2-4,9-10H2,1H3. The molecular weight excluding hydrogens is 222 g/mol. The van der Waals surface area contributed by atoms with Crippen molar-refractivity contribution in [2.75, 3.05) is 11.9 Å². The van der Waals surface area contributed by atoms with Crippen LogP contribution >= 0.6 is 0 Å². The second kappa shape index (κ2) is 6.42. The van der Waals surface area contributed by atoms with Crippen LogP contribution in [0.1, 0.15) is 38.2 Å². The van der Waals surface area contributed by atoms with Crippen LogP contribution in [0.3, 0.4) is 0 Å². The third-order valence-electron chi connectivity index (χ3n) is 3.48. The summed E-state index contributed by atoms with van der Waals surface area (Å²) in [5.41, 5.74) is 1.81. The second-order valence-electron chi connectivity index (χ2n) is 5.12. The topological polar surface area (TPSA) is 47.8 Å². The Bertz CT molecular complexity index is 399. The van der Waals surface area contributed by atoms with E-state index < -0.39 is 0 Å². The summed E-state index contributed by atoms with van der Waals surface area (Å²) < 4.78 is 0. The Labute approximate surface area is 109 Å². The van der Waals surface area contributed by atoms with Gasteiger partial charge in [-0.05, 0) is 57.0 Å². The Kier molecular flexibility index (Phi) is 4.60. The molecule has 1 heterocycles. The molecule has 2 rings (SSSR count). The van der Waals surface area contributed by atoms with Crippen molar-refractivity contribution in [3.63, 3.8) is 0 Å². The molecule has 2 atom stereocenters. The molecule has 1 aromatic rings. The summed E-state index contributed by atoms with van der Waals surface area (Å²) in [4.78, 5) is 0. The molecule has 0 bridgehead atoms. The van der Waals surface area contributed by atoms with Crippen LogP contribution in [-0.4, -0.2) is 18.6 Å². The maximum Gasteiger partial charge on any atom is 0.0991 e. The van der Waals surface area contributed by atoms with Crippen LogP contribution in [0.4, 0.5) is 5.69 Å². The minimum atomic E-state index is 0.452. The van der Waals surface area contributed by atoms with Gasteiger partial charge in [-0.3, -0.25) is 0 Å². The first-order valence-electron chi connectivity index (χ1n) is 6.78. The lowest BCUT2D eigenvalue weighted by molar-refractivity contribution is 0.371. The van der Waals surface area contributed by atoms with Crippen molar-refractivity contribution >= 4 is 5.69 Å². The third kappa shape index (κ3) is 3.75. The fraction of sp³-hybridized carbons (Fsp3) is 0.533. The molecule has 1 aliphatic heterocycles. The smallest absolute Gasteiger partial charge is 0.0991 e. The summed E-state index contributed by atoms with van der Waals surface area (Å²) in [6, 6.07) is 10.9. The summed E-state index contributed by atoms with van der Waals surface area (Å²) in [5, 5.41) is 15.8. The summed E-state index contributed by atoms with van der Waals surface area (Å²) >= 11 is 0. The average molecular weight is 243 g/mol. The van der Waals surface area contributed by atoms with Crippen molar-refractivity contribution in [3.05, 3.63) is 29.8 Å². The lowest BCUT2D eigenvalue weighted by Gasteiger charge is -2.27. The van der Waals surface area contributed by atoms with E-state index in [1.54, 1.807) is 0 Å². The fourth-order valence-corrected chi connectivity index (χ4v) is 2.54. The minimum Gasteiger partial charge on any atom is -0.383 e. The Balaban J connectivity index is 1.82. The summed E-state index contributed by atoms with van der Waals surface area (Å²) in [5.74, 6) is 0. The van der Waals surface area contributed by atoms with Gasteiger partial charge in [0.15, 0.2) is 0 Å². The zero-order chi connectivity index (χ0) is 12.8. The normalized spacial score (nSPS) is 21.0. The SMILES string of the molecule is CC(CC1CCCCN1)Nc1ccc(C#N)cc1. The fourth-order valence-electron chi connectivity index (χ4n) is 2.54. The summed E-state index contributed by atoms with van der Waals surface area (Å²) in [7, 11) is 0. The zero-order valence-corrected chi connectivity index (χ0v) is 10.9. The van der Waals surface area contributed by atoms with E-state index in [-0.39, 0.29) is 0 Å². The number of nitriles is 1. The van der Waals surface area contributed by atoms with Gasteiger partial charge in [0.2, 0.25) is 0 Å². The first-order valence-corrected chi connectivity index (χ1v) is 6.78. The van der Waals surface area contributed by atoms with Gasteiger partial charge in [-0.2, -0.15) is 5.26 Å². The molecule has 0 saturated carbocycles. The molecule has 96 valence electrons. The highest BCUT2D eigenvalue weighted by molar-refractivity contribution is 5.47. The van der Waals surface area contributed by atoms with Crippen molar-refractivity contribution in [3.8, 4) is 6.07 Å². The average Bonchev–Trinajstić information content (AvgIpc) is 2.40. The monoisotopic (exact) mass is 243 g/mol. The van der Waals surface area contributed by atoms with E-state index in [1.807, 2.05) is 24.3 Å². The molecule has 0 aliphatic carbocycles. The number of rotatable bonds is 4. The van der Waals surface area contributed by atoms with Crippen molar-refractivity contribution < 1.29 is 0 Å². The van der Waals surface area contributed by atoms with Gasteiger partial charge in [0, 0.05) is 17.8 Å². The second-order valence-corrected chi connectivity index (χ2v) is 5.12. The Hall–Kier alpha value is -1.53. The molecule has 0 radical (unpaired) electrons. The number of benzene rings is 1. The first kappa shape index (κ1) is 12.9. The Morgan fingerprint density at radius 3 is 2.78 bits per heavy atom. The number of hydrogen-bond acceptors (Lipinski definition) is 3. The van der Waals surface area contributed by atoms with E-state index in [1.165, 1.54) is 19.3 Å². The van der Waals surface area contributed by atoms with Crippen LogP contribution in [0.15, 0.2) is 24.3 Å². The maximum atomic E-state index is 8.75. The molecule has 3 nitrogen and oxygen atoms in total. The number of hydrogen-bond donors (Lipinski definition) is 2. The van der Waals surface area contributed by atoms with Gasteiger partial charge in [-0.1, -0.05) is 6.42 Å². The van der Waals surface area contributed by atoms with Crippen molar-refractivity contribution in [1.82, 2.24) is 5.32 Å². The number of piperidine rings is 1. The molecule has 0 spiro atoms. The highest BCUT2D eigenvalue weighted by atomic mass is 15.0. The van der Waals surface area contributed by atoms with Crippen LogP contribution in [0.25, 0.3) is 0 Å². The molecule has 3 heteroatoms. The van der Waals surface area contributed by atoms with Gasteiger partial charge in [0.25, 0.3) is 0 Å². The van der Waals surface area contributed by atoms with Gasteiger partial charge >= 0.3 is 0 Å². The molecule has 1 aromatic carbocycles. The number of anilines is 1. The minimum absolute atomic E-state index is 0.452. The van der Waals surface area contributed by atoms with E-state index >= 15 is 0 Å². The van der Waals surface area contributed by atoms with Crippen LogP contribution < -0.4 is 10.6 Å². The quantitative estimate of drug-likeness (QED) is 0.855. The largest absolute Gasteiger partial charge is 0.383 e. The molecule has 1 fully saturated rings. The van der Waals surface area contributed by atoms with E-state index in [4.69, 9.17) is 5.26 Å². The molecule has 0 amide bonds. The van der Waals surface area contributed by atoms with Gasteiger partial charge in [-0.25, -0.2) is 0 Å². The zero-order valence-electron chi connectivity index (χ0n) is 10.9. The lowest BCUT2D eigenvalue weighted by Crippen LogP contribution is -2.37. The third-order valence-corrected chi connectivity index (χ3v) is 3.48. The maximum absolute atomic E-state index is 8.75. The van der Waals surface area contributed by atoms with Gasteiger partial charge in [0.1, 0.15) is 0 Å². The molecule has 1 aliphatic rings. The number of nitrogens with zero attached hydrogens (tertiary/aromatic N) is 1. The van der Waals surface area contributed by atoms with Crippen molar-refractivity contribution in [1.29, 1.82) is 5.26 Å². The predicted molar refractivity (Wildman–Crippen MR) is 74.5 cm³/mol. The molecule has 18 heavy (non-hydrogen) atoms. The van der Waals surface area contributed by atoms with Gasteiger partial charge < -0.3 is 10.6 Å². The molecular formula is C15H21N3. The molecule has 0 aromatic heterocycles. The summed E-state index contributed by atoms with van der Waals surface area (Å²) in [6.45, 7) is 3.38. The van der Waals surface area contributed by atoms with E-state index in [9.17, 15) is 0 Å². The van der Waals surface area contributed by atoms with Crippen LogP contribution in [0.5, 0.6) is 0 Å². The lowest BCUT2D eigenvalue weighted by atomic mass is 9.98. The highest BCUT2D eigenvalue weighted by Gasteiger charge is 2.15. The van der Waals surface area contributed by atoms with Crippen molar-refractivity contribution in [2.24, 2.45) is 0 Å². The first-order chi connectivity index (χ1) is 8.78. The highest BCUT2D eigenvalue weighted by Crippen LogP contribution is 2.15. The van der Waals surface area contributed by atoms with Crippen LogP contribution in [-0.2, 0) is 0 Å². The van der Waals surface area contributed by atoms with Crippen LogP contribution in [0, 0.1) is 11.3 Å². The molecule has 2 unspecified atom stereocenters. The van der Waals surface area contributed by atoms with Gasteiger partial charge in [-0.15, -0.1) is 0 Å². The van der Waals surface area contributed by atoms with Crippen LogP contribution in [0.2, 0.25) is 0 Å². The van der Waals surface area contributed by atoms with E-state index in [2.05, 4.69) is 23.6 Å². The Morgan fingerprint density at radius 1 is 1.39 bits per heavy atom. The van der Waals surface area contributed by atoms with E-state index in [0.29, 0.717) is 17.6 Å². The van der Waals surface area contributed by atoms with Gasteiger partial charge in [0.05, 0.1) is 11.6 Å². The predicted octanol–water partition coefficient (Wildman–Crippen LogP) is 2.89. The van der Waals surface area contributed by atoms with Crippen molar-refractivity contribution in [2.45, 2.75) is 44.7 Å². The summed E-state index contributed by atoms with van der Waals surface area (Å²) in [6.07, 6.45) is 5.11. The van der Waals surface area contributed by atoms with E-state index in [0.717, 1.165) is 18.7 Å².